The van der Waals surface area contributed by atoms with Crippen LogP contribution in [0, 0.1) is 21.4 Å². The van der Waals surface area contributed by atoms with Crippen molar-refractivity contribution in [3.05, 3.63) is 75.8 Å². The highest BCUT2D eigenvalue weighted by Crippen LogP contribution is 2.32. The molecule has 0 bridgehead atoms. The maximum Gasteiger partial charge on any atom is 0.337 e. The number of pyridine rings is 1. The molecular weight excluding hydrogens is 360 g/mol. The van der Waals surface area contributed by atoms with Gasteiger partial charge in [-0.2, -0.15) is 5.26 Å². The molecular formula is C20H14N4O4. The van der Waals surface area contributed by atoms with Gasteiger partial charge in [-0.05, 0) is 35.9 Å². The molecule has 0 radical (unpaired) electrons. The quantitative estimate of drug-likeness (QED) is 0.419. The van der Waals surface area contributed by atoms with E-state index in [-0.39, 0.29) is 17.1 Å². The lowest BCUT2D eigenvalue weighted by Gasteiger charge is -2.11. The normalized spacial score (nSPS) is 10.1. The molecule has 3 aromatic rings. The lowest BCUT2D eigenvalue weighted by atomic mass is 9.97. The van der Waals surface area contributed by atoms with E-state index in [1.807, 2.05) is 6.07 Å². The number of methoxy groups -OCH3 is 1. The zero-order chi connectivity index (χ0) is 20.3. The number of nitrogens with zero attached hydrogens (tertiary/aromatic N) is 3. The van der Waals surface area contributed by atoms with E-state index in [4.69, 9.17) is 5.73 Å². The van der Waals surface area contributed by atoms with Crippen LogP contribution in [0.3, 0.4) is 0 Å². The Morgan fingerprint density at radius 3 is 2.29 bits per heavy atom. The summed E-state index contributed by atoms with van der Waals surface area (Å²) in [7, 11) is 1.30. The molecule has 3 rings (SSSR count). The topological polar surface area (TPSA) is 132 Å². The van der Waals surface area contributed by atoms with Crippen LogP contribution in [0.4, 0.5) is 11.5 Å². The van der Waals surface area contributed by atoms with Crippen LogP contribution in [-0.2, 0) is 4.74 Å². The second kappa shape index (κ2) is 7.55. The smallest absolute Gasteiger partial charge is 0.337 e. The van der Waals surface area contributed by atoms with E-state index in [2.05, 4.69) is 9.72 Å². The first-order valence-corrected chi connectivity index (χ1v) is 8.08. The lowest BCUT2D eigenvalue weighted by Crippen LogP contribution is -2.02. The van der Waals surface area contributed by atoms with Gasteiger partial charge >= 0.3 is 5.97 Å². The van der Waals surface area contributed by atoms with Gasteiger partial charge in [0.05, 0.1) is 23.3 Å². The van der Waals surface area contributed by atoms with Crippen molar-refractivity contribution < 1.29 is 14.5 Å². The molecule has 0 saturated carbocycles. The summed E-state index contributed by atoms with van der Waals surface area (Å²) in [4.78, 5) is 26.2. The van der Waals surface area contributed by atoms with Crippen molar-refractivity contribution >= 4 is 17.5 Å². The summed E-state index contributed by atoms with van der Waals surface area (Å²) in [5, 5.41) is 20.3. The van der Waals surface area contributed by atoms with Crippen LogP contribution in [0.2, 0.25) is 0 Å². The number of hydrogen-bond acceptors (Lipinski definition) is 7. The van der Waals surface area contributed by atoms with Crippen molar-refractivity contribution in [2.45, 2.75) is 0 Å². The third-order valence-corrected chi connectivity index (χ3v) is 4.15. The van der Waals surface area contributed by atoms with Crippen LogP contribution >= 0.6 is 0 Å². The van der Waals surface area contributed by atoms with Crippen molar-refractivity contribution in [2.75, 3.05) is 12.8 Å². The monoisotopic (exact) mass is 374 g/mol. The largest absolute Gasteiger partial charge is 0.465 e. The van der Waals surface area contributed by atoms with E-state index in [1.54, 1.807) is 42.5 Å². The number of nitro groups is 1. The molecule has 8 nitrogen and oxygen atoms in total. The van der Waals surface area contributed by atoms with Crippen LogP contribution < -0.4 is 5.73 Å². The molecule has 8 heteroatoms. The highest BCUT2D eigenvalue weighted by atomic mass is 16.6. The number of nitrogens with two attached hydrogens (primary N) is 1. The molecule has 0 aliphatic rings. The zero-order valence-electron chi connectivity index (χ0n) is 14.7. The minimum Gasteiger partial charge on any atom is -0.465 e. The maximum absolute atomic E-state index is 11.6. The van der Waals surface area contributed by atoms with Gasteiger partial charge in [0.15, 0.2) is 0 Å². The Morgan fingerprint density at radius 2 is 1.75 bits per heavy atom. The Kier molecular flexibility index (Phi) is 5.00. The number of ether oxygens (including phenoxy) is 1. The highest BCUT2D eigenvalue weighted by Gasteiger charge is 2.15. The lowest BCUT2D eigenvalue weighted by molar-refractivity contribution is -0.384. The summed E-state index contributed by atoms with van der Waals surface area (Å²) in [5.41, 5.74) is 8.81. The van der Waals surface area contributed by atoms with Crippen molar-refractivity contribution in [1.29, 1.82) is 5.26 Å². The highest BCUT2D eigenvalue weighted by molar-refractivity contribution is 5.90. The van der Waals surface area contributed by atoms with Crippen molar-refractivity contribution in [1.82, 2.24) is 4.98 Å². The average molecular weight is 374 g/mol. The van der Waals surface area contributed by atoms with Crippen molar-refractivity contribution in [2.24, 2.45) is 0 Å². The minimum absolute atomic E-state index is 0.0380. The second-order valence-electron chi connectivity index (χ2n) is 5.80. The molecule has 0 aliphatic carbocycles. The first kappa shape index (κ1) is 18.5. The molecule has 0 amide bonds. The molecule has 28 heavy (non-hydrogen) atoms. The summed E-state index contributed by atoms with van der Waals surface area (Å²) < 4.78 is 4.68. The summed E-state index contributed by atoms with van der Waals surface area (Å²) in [6.45, 7) is 0. The fraction of sp³-hybridized carbons (Fsp3) is 0.0500. The number of non-ortho nitro benzene ring substituents is 1. The first-order chi connectivity index (χ1) is 13.4. The molecule has 1 heterocycles. The molecule has 0 atom stereocenters. The maximum atomic E-state index is 11.6. The van der Waals surface area contributed by atoms with Crippen molar-refractivity contribution in [3.63, 3.8) is 0 Å². The zero-order valence-corrected chi connectivity index (χ0v) is 14.7. The van der Waals surface area contributed by atoms with Gasteiger partial charge in [0.2, 0.25) is 0 Å². The Morgan fingerprint density at radius 1 is 1.14 bits per heavy atom. The van der Waals surface area contributed by atoms with Crippen LogP contribution in [0.5, 0.6) is 0 Å². The molecule has 2 N–H and O–H groups in total. The van der Waals surface area contributed by atoms with Gasteiger partial charge in [-0.1, -0.05) is 12.1 Å². The van der Waals surface area contributed by atoms with Gasteiger partial charge in [0.1, 0.15) is 17.5 Å². The van der Waals surface area contributed by atoms with E-state index in [0.29, 0.717) is 27.9 Å². The third-order valence-electron chi connectivity index (χ3n) is 4.15. The molecule has 0 fully saturated rings. The van der Waals surface area contributed by atoms with E-state index in [0.717, 1.165) is 0 Å². The van der Waals surface area contributed by atoms with E-state index in [1.165, 1.54) is 19.2 Å². The molecule has 2 aromatic carbocycles. The summed E-state index contributed by atoms with van der Waals surface area (Å²) in [6.07, 6.45) is 0. The van der Waals surface area contributed by atoms with E-state index >= 15 is 0 Å². The van der Waals surface area contributed by atoms with E-state index < -0.39 is 10.9 Å². The number of esters is 1. The van der Waals surface area contributed by atoms with Gasteiger partial charge in [-0.15, -0.1) is 0 Å². The van der Waals surface area contributed by atoms with Crippen LogP contribution in [-0.4, -0.2) is 23.0 Å². The standard InChI is InChI=1S/C20H14N4O4/c1-28-20(25)14-4-2-12(3-5-14)16-10-18(23-19(22)17(16)11-21)13-6-8-15(9-7-13)24(26)27/h2-10H,1H3,(H2,22,23). The van der Waals surface area contributed by atoms with E-state index in [9.17, 15) is 20.2 Å². The summed E-state index contributed by atoms with van der Waals surface area (Å²) in [6, 6.07) is 16.1. The van der Waals surface area contributed by atoms with Crippen LogP contribution in [0.15, 0.2) is 54.6 Å². The summed E-state index contributed by atoms with van der Waals surface area (Å²) in [5.74, 6) is -0.418. The predicted molar refractivity (Wildman–Crippen MR) is 102 cm³/mol. The number of hydrogen-bond donors (Lipinski definition) is 1. The van der Waals surface area contributed by atoms with Crippen LogP contribution in [0.25, 0.3) is 22.4 Å². The molecule has 0 spiro atoms. The SMILES string of the molecule is COC(=O)c1ccc(-c2cc(-c3ccc([N+](=O)[O-])cc3)nc(N)c2C#N)cc1. The Balaban J connectivity index is 2.09. The van der Waals surface area contributed by atoms with Crippen LogP contribution in [0.1, 0.15) is 15.9 Å². The van der Waals surface area contributed by atoms with Gasteiger partial charge < -0.3 is 10.5 Å². The van der Waals surface area contributed by atoms with Gasteiger partial charge in [0.25, 0.3) is 5.69 Å². The number of nitrogen functional groups attached to an aromatic ring is 1. The van der Waals surface area contributed by atoms with Gasteiger partial charge in [-0.3, -0.25) is 10.1 Å². The molecule has 0 unspecified atom stereocenters. The van der Waals surface area contributed by atoms with Gasteiger partial charge in [0, 0.05) is 23.3 Å². The second-order valence-corrected chi connectivity index (χ2v) is 5.80. The number of nitro benzene ring substituents is 1. The minimum atomic E-state index is -0.487. The fourth-order valence-electron chi connectivity index (χ4n) is 2.72. The third kappa shape index (κ3) is 3.50. The average Bonchev–Trinajstić information content (AvgIpc) is 2.72. The summed E-state index contributed by atoms with van der Waals surface area (Å²) >= 11 is 0. The first-order valence-electron chi connectivity index (χ1n) is 8.08. The molecule has 0 saturated heterocycles. The number of carbonyl (C=O) groups excluding carboxylic acids is 1. The number of nitriles is 1. The number of rotatable bonds is 4. The predicted octanol–water partition coefficient (Wildman–Crippen LogP) is 3.56. The Labute approximate surface area is 160 Å². The number of anilines is 1. The molecule has 1 aromatic heterocycles. The number of carbonyl (C=O) groups is 1. The number of aromatic nitrogens is 1. The van der Waals surface area contributed by atoms with Crippen molar-refractivity contribution in [3.8, 4) is 28.5 Å². The molecule has 138 valence electrons. The Hall–Kier alpha value is -4.25. The van der Waals surface area contributed by atoms with Gasteiger partial charge in [-0.25, -0.2) is 9.78 Å². The Bertz CT molecular complexity index is 1100. The fourth-order valence-corrected chi connectivity index (χ4v) is 2.72. The molecule has 0 aliphatic heterocycles. The number of benzene rings is 2.